The molecule has 0 bridgehead atoms. The molecular formula is C22H26N4O. The third kappa shape index (κ3) is 5.20. The minimum Gasteiger partial charge on any atom is -0.369 e. The Morgan fingerprint density at radius 1 is 1.11 bits per heavy atom. The molecule has 0 atom stereocenters. The molecule has 5 nitrogen and oxygen atoms in total. The Labute approximate surface area is 160 Å². The number of hydrogen-bond acceptors (Lipinski definition) is 3. The monoisotopic (exact) mass is 362 g/mol. The summed E-state index contributed by atoms with van der Waals surface area (Å²) in [5, 5.41) is 2.95. The van der Waals surface area contributed by atoms with Crippen LogP contribution in [0.4, 0.5) is 11.6 Å². The number of anilines is 2. The number of hydrogen-bond donors (Lipinski definition) is 3. The summed E-state index contributed by atoms with van der Waals surface area (Å²) >= 11 is 0. The predicted octanol–water partition coefficient (Wildman–Crippen LogP) is 5.03. The van der Waals surface area contributed by atoms with Crippen molar-refractivity contribution in [2.45, 2.75) is 39.0 Å². The second-order valence-electron chi connectivity index (χ2n) is 6.72. The van der Waals surface area contributed by atoms with Gasteiger partial charge in [0.1, 0.15) is 0 Å². The molecule has 0 saturated carbocycles. The largest absolute Gasteiger partial charge is 0.369 e. The lowest BCUT2D eigenvalue weighted by Crippen LogP contribution is -2.11. The summed E-state index contributed by atoms with van der Waals surface area (Å²) in [6, 6.07) is 15.5. The highest BCUT2D eigenvalue weighted by molar-refractivity contribution is 6.04. The number of nitrogens with two attached hydrogens (primary N) is 1. The van der Waals surface area contributed by atoms with Crippen molar-refractivity contribution in [1.82, 2.24) is 9.97 Å². The summed E-state index contributed by atoms with van der Waals surface area (Å²) in [6.45, 7) is 2.22. The number of unbranched alkanes of at least 4 members (excludes halogenated alkanes) is 3. The van der Waals surface area contributed by atoms with Crippen molar-refractivity contribution >= 4 is 17.5 Å². The quantitative estimate of drug-likeness (QED) is 0.491. The average Bonchev–Trinajstić information content (AvgIpc) is 3.12. The molecule has 1 heterocycles. The molecule has 0 spiro atoms. The number of imidazole rings is 1. The molecule has 5 heteroatoms. The van der Waals surface area contributed by atoms with Gasteiger partial charge in [0, 0.05) is 16.8 Å². The van der Waals surface area contributed by atoms with Crippen LogP contribution in [0.3, 0.4) is 0 Å². The van der Waals surface area contributed by atoms with Crippen LogP contribution in [0.25, 0.3) is 11.3 Å². The normalized spacial score (nSPS) is 10.7. The van der Waals surface area contributed by atoms with Crippen LogP contribution in [0.2, 0.25) is 0 Å². The van der Waals surface area contributed by atoms with Gasteiger partial charge in [-0.25, -0.2) is 4.98 Å². The summed E-state index contributed by atoms with van der Waals surface area (Å²) in [7, 11) is 0. The third-order valence-electron chi connectivity index (χ3n) is 4.56. The van der Waals surface area contributed by atoms with Gasteiger partial charge in [0.25, 0.3) is 5.91 Å². The Kier molecular flexibility index (Phi) is 6.26. The zero-order chi connectivity index (χ0) is 19.1. The molecule has 3 aromatic rings. The number of nitrogen functional groups attached to an aromatic ring is 1. The first-order valence-electron chi connectivity index (χ1n) is 9.47. The molecule has 4 N–H and O–H groups in total. The lowest BCUT2D eigenvalue weighted by atomic mass is 10.0. The molecule has 0 fully saturated rings. The van der Waals surface area contributed by atoms with Crippen molar-refractivity contribution < 1.29 is 4.79 Å². The first kappa shape index (κ1) is 18.7. The molecule has 140 valence electrons. The van der Waals surface area contributed by atoms with Crippen molar-refractivity contribution in [3.63, 3.8) is 0 Å². The molecule has 0 aliphatic rings. The number of rotatable bonds is 8. The van der Waals surface area contributed by atoms with Gasteiger partial charge in [0.05, 0.1) is 11.9 Å². The van der Waals surface area contributed by atoms with E-state index in [-0.39, 0.29) is 5.91 Å². The SMILES string of the molecule is CCCCCCc1ccc(C(=O)Nc2cccc(-c3cnc(N)[nH]3)c2)cc1. The lowest BCUT2D eigenvalue weighted by molar-refractivity contribution is 0.102. The number of benzene rings is 2. The molecule has 2 aromatic carbocycles. The van der Waals surface area contributed by atoms with E-state index in [1.165, 1.54) is 31.2 Å². The molecule has 0 saturated heterocycles. The van der Waals surface area contributed by atoms with Gasteiger partial charge < -0.3 is 16.0 Å². The number of amides is 1. The highest BCUT2D eigenvalue weighted by Crippen LogP contribution is 2.22. The van der Waals surface area contributed by atoms with E-state index in [0.29, 0.717) is 11.5 Å². The van der Waals surface area contributed by atoms with Crippen molar-refractivity contribution in [2.24, 2.45) is 0 Å². The maximum absolute atomic E-state index is 12.5. The Hall–Kier alpha value is -3.08. The van der Waals surface area contributed by atoms with Crippen molar-refractivity contribution in [1.29, 1.82) is 0 Å². The molecule has 0 unspecified atom stereocenters. The zero-order valence-electron chi connectivity index (χ0n) is 15.7. The van der Waals surface area contributed by atoms with Gasteiger partial charge in [-0.05, 0) is 42.7 Å². The number of nitrogens with one attached hydrogen (secondary N) is 2. The van der Waals surface area contributed by atoms with E-state index in [2.05, 4.69) is 22.2 Å². The van der Waals surface area contributed by atoms with Gasteiger partial charge in [-0.2, -0.15) is 0 Å². The highest BCUT2D eigenvalue weighted by Gasteiger charge is 2.08. The molecule has 3 rings (SSSR count). The number of nitrogens with zero attached hydrogens (tertiary/aromatic N) is 1. The molecular weight excluding hydrogens is 336 g/mol. The number of aryl methyl sites for hydroxylation is 1. The fourth-order valence-electron chi connectivity index (χ4n) is 3.03. The van der Waals surface area contributed by atoms with Crippen LogP contribution >= 0.6 is 0 Å². The minimum absolute atomic E-state index is 0.117. The van der Waals surface area contributed by atoms with Gasteiger partial charge in [0.15, 0.2) is 5.95 Å². The molecule has 27 heavy (non-hydrogen) atoms. The van der Waals surface area contributed by atoms with Crippen LogP contribution < -0.4 is 11.1 Å². The summed E-state index contributed by atoms with van der Waals surface area (Å²) in [6.07, 6.45) is 7.73. The van der Waals surface area contributed by atoms with Crippen LogP contribution in [-0.2, 0) is 6.42 Å². The number of carbonyl (C=O) groups is 1. The summed E-state index contributed by atoms with van der Waals surface area (Å²) in [4.78, 5) is 19.5. The fourth-order valence-corrected chi connectivity index (χ4v) is 3.03. The van der Waals surface area contributed by atoms with Gasteiger partial charge in [-0.1, -0.05) is 50.5 Å². The topological polar surface area (TPSA) is 83.8 Å². The van der Waals surface area contributed by atoms with Crippen LogP contribution in [0, 0.1) is 0 Å². The van der Waals surface area contributed by atoms with Crippen LogP contribution in [0.15, 0.2) is 54.7 Å². The van der Waals surface area contributed by atoms with Gasteiger partial charge >= 0.3 is 0 Å². The Bertz CT molecular complexity index is 883. The van der Waals surface area contributed by atoms with E-state index < -0.39 is 0 Å². The summed E-state index contributed by atoms with van der Waals surface area (Å²) in [5.41, 5.74) is 10.0. The molecule has 1 amide bonds. The van der Waals surface area contributed by atoms with Gasteiger partial charge in [-0.3, -0.25) is 4.79 Å². The highest BCUT2D eigenvalue weighted by atomic mass is 16.1. The fraction of sp³-hybridized carbons (Fsp3) is 0.273. The summed E-state index contributed by atoms with van der Waals surface area (Å²) in [5.74, 6) is 0.253. The number of carbonyl (C=O) groups excluding carboxylic acids is 1. The zero-order valence-corrected chi connectivity index (χ0v) is 15.7. The lowest BCUT2D eigenvalue weighted by Gasteiger charge is -2.08. The van der Waals surface area contributed by atoms with Crippen molar-refractivity contribution in [2.75, 3.05) is 11.1 Å². The van der Waals surface area contributed by atoms with Gasteiger partial charge in [-0.15, -0.1) is 0 Å². The van der Waals surface area contributed by atoms with E-state index in [4.69, 9.17) is 5.73 Å². The maximum Gasteiger partial charge on any atom is 0.255 e. The number of aromatic nitrogens is 2. The Morgan fingerprint density at radius 2 is 1.93 bits per heavy atom. The predicted molar refractivity (Wildman–Crippen MR) is 111 cm³/mol. The van der Waals surface area contributed by atoms with Gasteiger partial charge in [0.2, 0.25) is 0 Å². The van der Waals surface area contributed by atoms with E-state index >= 15 is 0 Å². The maximum atomic E-state index is 12.5. The molecule has 0 aliphatic carbocycles. The molecule has 1 aromatic heterocycles. The molecule has 0 aliphatic heterocycles. The van der Waals surface area contributed by atoms with Crippen LogP contribution in [-0.4, -0.2) is 15.9 Å². The van der Waals surface area contributed by atoms with E-state index in [1.807, 2.05) is 48.5 Å². The minimum atomic E-state index is -0.117. The average molecular weight is 362 g/mol. The molecule has 0 radical (unpaired) electrons. The van der Waals surface area contributed by atoms with E-state index in [1.54, 1.807) is 6.20 Å². The van der Waals surface area contributed by atoms with E-state index in [9.17, 15) is 4.79 Å². The second-order valence-corrected chi connectivity index (χ2v) is 6.72. The number of aromatic amines is 1. The standard InChI is InChI=1S/C22H26N4O/c1-2-3-4-5-7-16-10-12-17(13-11-16)21(27)25-19-9-6-8-18(14-19)20-15-24-22(23)26-20/h6,8-15H,2-5,7H2,1H3,(H,25,27)(H3,23,24,26). The third-order valence-corrected chi connectivity index (χ3v) is 4.56. The smallest absolute Gasteiger partial charge is 0.255 e. The summed E-state index contributed by atoms with van der Waals surface area (Å²) < 4.78 is 0. The number of H-pyrrole nitrogens is 1. The first-order valence-corrected chi connectivity index (χ1v) is 9.47. The van der Waals surface area contributed by atoms with E-state index in [0.717, 1.165) is 23.4 Å². The van der Waals surface area contributed by atoms with Crippen LogP contribution in [0.5, 0.6) is 0 Å². The van der Waals surface area contributed by atoms with Crippen molar-refractivity contribution in [3.05, 3.63) is 65.9 Å². The Balaban J connectivity index is 1.62. The van der Waals surface area contributed by atoms with Crippen LogP contribution in [0.1, 0.15) is 48.5 Å². The van der Waals surface area contributed by atoms with Crippen molar-refractivity contribution in [3.8, 4) is 11.3 Å². The first-order chi connectivity index (χ1) is 13.2. The second kappa shape index (κ2) is 9.03. The Morgan fingerprint density at radius 3 is 2.63 bits per heavy atom.